The number of carbonyl (C=O) groups is 1. The number of allylic oxidation sites excluding steroid dienone is 1. The SMILES string of the molecule is COC(=N)/N=C(\C=N)CSN1CCN(/C(C=N)=C(\OC2CCCC2)C(=O)Nc2cc(F)cc(F)c2)CC1. The lowest BCUT2D eigenvalue weighted by Gasteiger charge is -2.36. The van der Waals surface area contributed by atoms with Crippen molar-refractivity contribution in [3.8, 4) is 0 Å². The van der Waals surface area contributed by atoms with Crippen LogP contribution in [0.2, 0.25) is 0 Å². The van der Waals surface area contributed by atoms with E-state index in [1.165, 1.54) is 19.1 Å². The number of carbonyl (C=O) groups excluding carboxylic acids is 1. The summed E-state index contributed by atoms with van der Waals surface area (Å²) in [6.45, 7) is 2.20. The van der Waals surface area contributed by atoms with Crippen molar-refractivity contribution in [3.05, 3.63) is 41.3 Å². The first-order chi connectivity index (χ1) is 17.8. The second-order valence-corrected chi connectivity index (χ2v) is 9.50. The van der Waals surface area contributed by atoms with Gasteiger partial charge in [-0.2, -0.15) is 4.99 Å². The Hall–Kier alpha value is -3.32. The van der Waals surface area contributed by atoms with Gasteiger partial charge in [-0.15, -0.1) is 0 Å². The summed E-state index contributed by atoms with van der Waals surface area (Å²) in [5, 5.41) is 25.5. The van der Waals surface area contributed by atoms with Crippen LogP contribution in [0.4, 0.5) is 14.5 Å². The van der Waals surface area contributed by atoms with Gasteiger partial charge in [0, 0.05) is 50.4 Å². The van der Waals surface area contributed by atoms with Crippen LogP contribution in [0.5, 0.6) is 0 Å². The van der Waals surface area contributed by atoms with Crippen LogP contribution in [0, 0.1) is 27.9 Å². The molecule has 0 unspecified atom stereocenters. The molecule has 200 valence electrons. The number of piperazine rings is 1. The summed E-state index contributed by atoms with van der Waals surface area (Å²) in [6.07, 6.45) is 5.54. The van der Waals surface area contributed by atoms with Crippen molar-refractivity contribution in [3.63, 3.8) is 0 Å². The van der Waals surface area contributed by atoms with Crippen LogP contribution < -0.4 is 5.32 Å². The van der Waals surface area contributed by atoms with E-state index in [-0.39, 0.29) is 23.6 Å². The molecule has 4 N–H and O–H groups in total. The normalized spacial score (nSPS) is 17.7. The molecule has 3 rings (SSSR count). The van der Waals surface area contributed by atoms with Gasteiger partial charge in [-0.05, 0) is 37.8 Å². The maximum atomic E-state index is 13.7. The first kappa shape index (κ1) is 28.3. The number of amidine groups is 1. The number of ether oxygens (including phenoxy) is 2. The number of rotatable bonds is 10. The van der Waals surface area contributed by atoms with Crippen LogP contribution in [0.15, 0.2) is 34.6 Å². The monoisotopic (exact) mass is 535 g/mol. The first-order valence-electron chi connectivity index (χ1n) is 11.8. The van der Waals surface area contributed by atoms with Crippen LogP contribution >= 0.6 is 11.9 Å². The molecule has 0 atom stereocenters. The van der Waals surface area contributed by atoms with E-state index >= 15 is 0 Å². The molecule has 1 saturated heterocycles. The fourth-order valence-electron chi connectivity index (χ4n) is 4.02. The Bertz CT molecular complexity index is 1050. The maximum absolute atomic E-state index is 13.7. The molecule has 1 aromatic carbocycles. The summed E-state index contributed by atoms with van der Waals surface area (Å²) in [5.74, 6) is -1.93. The predicted molar refractivity (Wildman–Crippen MR) is 141 cm³/mol. The number of halogens is 2. The van der Waals surface area contributed by atoms with Crippen LogP contribution in [0.1, 0.15) is 25.7 Å². The van der Waals surface area contributed by atoms with E-state index in [0.717, 1.165) is 56.3 Å². The molecule has 2 aliphatic rings. The van der Waals surface area contributed by atoms with Crippen LogP contribution in [0.25, 0.3) is 0 Å². The van der Waals surface area contributed by atoms with E-state index in [1.54, 1.807) is 0 Å². The molecular weight excluding hydrogens is 504 g/mol. The topological polar surface area (TPSA) is 138 Å². The molecule has 0 spiro atoms. The largest absolute Gasteiger partial charge is 0.483 e. The number of benzene rings is 1. The highest BCUT2D eigenvalue weighted by atomic mass is 32.2. The van der Waals surface area contributed by atoms with Gasteiger partial charge in [0.1, 0.15) is 17.3 Å². The van der Waals surface area contributed by atoms with Gasteiger partial charge in [-0.3, -0.25) is 4.79 Å². The predicted octanol–water partition coefficient (Wildman–Crippen LogP) is 3.66. The maximum Gasteiger partial charge on any atom is 0.308 e. The molecule has 0 aromatic heterocycles. The third kappa shape index (κ3) is 8.35. The minimum absolute atomic E-state index is 0.0363. The van der Waals surface area contributed by atoms with Crippen molar-refractivity contribution < 1.29 is 23.0 Å². The molecule has 1 aliphatic heterocycles. The van der Waals surface area contributed by atoms with E-state index in [9.17, 15) is 13.6 Å². The van der Waals surface area contributed by atoms with Gasteiger partial charge in [0.15, 0.2) is 0 Å². The zero-order valence-electron chi connectivity index (χ0n) is 20.6. The lowest BCUT2D eigenvalue weighted by atomic mass is 10.2. The third-order valence-electron chi connectivity index (χ3n) is 5.86. The summed E-state index contributed by atoms with van der Waals surface area (Å²) in [7, 11) is 1.34. The summed E-state index contributed by atoms with van der Waals surface area (Å²) < 4.78 is 40.2. The summed E-state index contributed by atoms with van der Waals surface area (Å²) >= 11 is 1.47. The van der Waals surface area contributed by atoms with Gasteiger partial charge in [0.05, 0.1) is 24.7 Å². The van der Waals surface area contributed by atoms with E-state index in [1.807, 2.05) is 4.90 Å². The average molecular weight is 536 g/mol. The van der Waals surface area contributed by atoms with Crippen molar-refractivity contribution in [1.82, 2.24) is 9.21 Å². The van der Waals surface area contributed by atoms with Crippen LogP contribution in [-0.2, 0) is 14.3 Å². The number of aliphatic imine (C=N–C) groups is 1. The average Bonchev–Trinajstić information content (AvgIpc) is 3.39. The zero-order chi connectivity index (χ0) is 26.8. The fraction of sp³-hybridized carbons (Fsp3) is 0.458. The molecule has 1 heterocycles. The third-order valence-corrected chi connectivity index (χ3v) is 7.02. The lowest BCUT2D eigenvalue weighted by molar-refractivity contribution is -0.117. The molecule has 1 saturated carbocycles. The number of nitrogens with zero attached hydrogens (tertiary/aromatic N) is 3. The molecular formula is C24H31F2N7O3S. The number of hydrogen-bond acceptors (Lipinski definition) is 9. The van der Waals surface area contributed by atoms with Crippen LogP contribution in [-0.4, -0.2) is 84.4 Å². The standard InChI is InChI=1S/C24H31F2N7O3S/c1-35-24(29)31-19(13-27)15-37-33-8-6-32(7-9-33)21(14-28)22(36-20-4-2-3-5-20)23(34)30-18-11-16(25)10-17(26)12-18/h10-14,20,27-29H,2-9,15H2,1H3,(H,30,34)/b22-21-,27-13?,28-14?,29-24?,31-19+. The lowest BCUT2D eigenvalue weighted by Crippen LogP contribution is -2.44. The molecule has 13 heteroatoms. The van der Waals surface area contributed by atoms with Gasteiger partial charge in [0.2, 0.25) is 5.76 Å². The van der Waals surface area contributed by atoms with Gasteiger partial charge >= 0.3 is 6.02 Å². The minimum atomic E-state index is -0.811. The van der Waals surface area contributed by atoms with Gasteiger partial charge in [-0.1, -0.05) is 11.9 Å². The van der Waals surface area contributed by atoms with Gasteiger partial charge in [0.25, 0.3) is 5.91 Å². The second kappa shape index (κ2) is 13.8. The molecule has 0 bridgehead atoms. The molecule has 1 amide bonds. The minimum Gasteiger partial charge on any atom is -0.483 e. The van der Waals surface area contributed by atoms with E-state index in [0.29, 0.717) is 43.3 Å². The summed E-state index contributed by atoms with van der Waals surface area (Å²) in [4.78, 5) is 19.0. The van der Waals surface area contributed by atoms with E-state index < -0.39 is 17.5 Å². The quantitative estimate of drug-likeness (QED) is 0.119. The Morgan fingerprint density at radius 2 is 1.78 bits per heavy atom. The van der Waals surface area contributed by atoms with Gasteiger partial charge < -0.3 is 30.5 Å². The number of amides is 1. The number of hydrogen-bond donors (Lipinski definition) is 4. The molecule has 0 radical (unpaired) electrons. The van der Waals surface area contributed by atoms with Crippen molar-refractivity contribution in [2.45, 2.75) is 31.8 Å². The Balaban J connectivity index is 1.72. The second-order valence-electron chi connectivity index (χ2n) is 8.44. The fourth-order valence-corrected chi connectivity index (χ4v) is 4.90. The zero-order valence-corrected chi connectivity index (χ0v) is 21.4. The number of anilines is 1. The smallest absolute Gasteiger partial charge is 0.308 e. The Kier molecular flexibility index (Phi) is 10.6. The van der Waals surface area contributed by atoms with Crippen molar-refractivity contribution in [1.29, 1.82) is 16.2 Å². The summed E-state index contributed by atoms with van der Waals surface area (Å²) in [5.41, 5.74) is 0.670. The molecule has 1 aromatic rings. The molecule has 2 fully saturated rings. The molecule has 10 nitrogen and oxygen atoms in total. The summed E-state index contributed by atoms with van der Waals surface area (Å²) in [6, 6.07) is 2.50. The number of nitrogens with one attached hydrogen (secondary N) is 4. The van der Waals surface area contributed by atoms with Crippen molar-refractivity contribution >= 4 is 47.7 Å². The van der Waals surface area contributed by atoms with Crippen molar-refractivity contribution in [2.75, 3.05) is 44.4 Å². The van der Waals surface area contributed by atoms with Crippen molar-refractivity contribution in [2.24, 2.45) is 4.99 Å². The van der Waals surface area contributed by atoms with E-state index in [4.69, 9.17) is 25.7 Å². The highest BCUT2D eigenvalue weighted by molar-refractivity contribution is 7.97. The highest BCUT2D eigenvalue weighted by Gasteiger charge is 2.28. The molecule has 1 aliphatic carbocycles. The Labute approximate surface area is 218 Å². The highest BCUT2D eigenvalue weighted by Crippen LogP contribution is 2.27. The first-order valence-corrected chi connectivity index (χ1v) is 12.8. The molecule has 37 heavy (non-hydrogen) atoms. The van der Waals surface area contributed by atoms with E-state index in [2.05, 4.69) is 14.6 Å². The van der Waals surface area contributed by atoms with Crippen LogP contribution in [0.3, 0.4) is 0 Å². The Morgan fingerprint density at radius 1 is 1.14 bits per heavy atom. The number of methoxy groups -OCH3 is 1. The Morgan fingerprint density at radius 3 is 2.35 bits per heavy atom. The van der Waals surface area contributed by atoms with Gasteiger partial charge in [-0.25, -0.2) is 18.5 Å².